The van der Waals surface area contributed by atoms with Crippen molar-refractivity contribution in [1.82, 2.24) is 10.3 Å². The zero-order valence-corrected chi connectivity index (χ0v) is 10.4. The van der Waals surface area contributed by atoms with Crippen molar-refractivity contribution in [2.45, 2.75) is 32.2 Å². The lowest BCUT2D eigenvalue weighted by molar-refractivity contribution is -0.389. The molecule has 0 fully saturated rings. The van der Waals surface area contributed by atoms with Gasteiger partial charge in [0.1, 0.15) is 6.04 Å². The van der Waals surface area contributed by atoms with Crippen LogP contribution in [0, 0.1) is 10.1 Å². The molecule has 0 unspecified atom stereocenters. The Morgan fingerprint density at radius 1 is 1.53 bits per heavy atom. The van der Waals surface area contributed by atoms with E-state index in [2.05, 4.69) is 10.3 Å². The zero-order chi connectivity index (χ0) is 14.4. The number of carbonyl (C=O) groups excluding carboxylic acids is 1. The van der Waals surface area contributed by atoms with Gasteiger partial charge in [0.25, 0.3) is 5.91 Å². The fourth-order valence-corrected chi connectivity index (χ4v) is 1.52. The van der Waals surface area contributed by atoms with Gasteiger partial charge in [0.15, 0.2) is 5.69 Å². The number of hydrogen-bond donors (Lipinski definition) is 3. The number of carboxylic acids is 1. The smallest absolute Gasteiger partial charge is 0.326 e. The number of rotatable bonds is 7. The fourth-order valence-electron chi connectivity index (χ4n) is 1.52. The van der Waals surface area contributed by atoms with Crippen molar-refractivity contribution in [2.75, 3.05) is 0 Å². The second-order valence-electron chi connectivity index (χ2n) is 4.02. The average Bonchev–Trinajstić information content (AvgIpc) is 2.83. The number of aromatic nitrogens is 1. The highest BCUT2D eigenvalue weighted by Gasteiger charge is 2.22. The highest BCUT2D eigenvalue weighted by molar-refractivity contribution is 5.95. The number of carboxylic acid groups (broad SMARTS) is 1. The van der Waals surface area contributed by atoms with Crippen LogP contribution in [0.25, 0.3) is 0 Å². The zero-order valence-electron chi connectivity index (χ0n) is 10.4. The molecule has 0 bridgehead atoms. The number of hydrogen-bond acceptors (Lipinski definition) is 4. The minimum Gasteiger partial charge on any atom is -0.480 e. The van der Waals surface area contributed by atoms with Gasteiger partial charge in [-0.05, 0) is 17.4 Å². The van der Waals surface area contributed by atoms with Gasteiger partial charge in [-0.3, -0.25) is 4.79 Å². The monoisotopic (exact) mass is 269 g/mol. The Labute approximate surface area is 109 Å². The molecule has 0 aromatic carbocycles. The van der Waals surface area contributed by atoms with Gasteiger partial charge in [-0.2, -0.15) is 0 Å². The molecule has 1 aromatic rings. The molecule has 0 radical (unpaired) electrons. The van der Waals surface area contributed by atoms with Crippen LogP contribution in [-0.4, -0.2) is 32.9 Å². The predicted octanol–water partition coefficient (Wildman–Crippen LogP) is 1.30. The van der Waals surface area contributed by atoms with Crippen LogP contribution in [-0.2, 0) is 4.79 Å². The summed E-state index contributed by atoms with van der Waals surface area (Å²) in [5, 5.41) is 21.7. The minimum absolute atomic E-state index is 0.0329. The molecule has 0 spiro atoms. The number of nitrogens with zero attached hydrogens (tertiary/aromatic N) is 1. The maximum Gasteiger partial charge on any atom is 0.326 e. The molecule has 0 aliphatic heterocycles. The Morgan fingerprint density at radius 2 is 2.21 bits per heavy atom. The van der Waals surface area contributed by atoms with Crippen molar-refractivity contribution in [3.63, 3.8) is 0 Å². The third-order valence-electron chi connectivity index (χ3n) is 2.56. The first-order valence-corrected chi connectivity index (χ1v) is 5.82. The predicted molar refractivity (Wildman–Crippen MR) is 65.9 cm³/mol. The van der Waals surface area contributed by atoms with E-state index in [0.717, 1.165) is 12.5 Å². The van der Waals surface area contributed by atoms with Crippen LogP contribution >= 0.6 is 0 Å². The summed E-state index contributed by atoms with van der Waals surface area (Å²) in [5.41, 5.74) is -0.0329. The lowest BCUT2D eigenvalue weighted by atomic mass is 10.1. The van der Waals surface area contributed by atoms with E-state index in [9.17, 15) is 19.7 Å². The SMILES string of the molecule is CCCC[C@H](NC(=O)c1ccc([N+](=O)[O-])[nH]1)C(=O)O. The summed E-state index contributed by atoms with van der Waals surface area (Å²) in [6.07, 6.45) is 1.80. The molecule has 8 heteroatoms. The van der Waals surface area contributed by atoms with Gasteiger partial charge in [-0.15, -0.1) is 0 Å². The highest BCUT2D eigenvalue weighted by atomic mass is 16.6. The number of carbonyl (C=O) groups is 2. The second kappa shape index (κ2) is 6.53. The number of nitrogens with one attached hydrogen (secondary N) is 2. The molecule has 0 saturated carbocycles. The molecule has 1 aromatic heterocycles. The van der Waals surface area contributed by atoms with Gasteiger partial charge in [0, 0.05) is 6.07 Å². The van der Waals surface area contributed by atoms with E-state index < -0.39 is 22.8 Å². The molecule has 0 aliphatic carbocycles. The number of amides is 1. The van der Waals surface area contributed by atoms with Crippen molar-refractivity contribution in [2.24, 2.45) is 0 Å². The fraction of sp³-hybridized carbons (Fsp3) is 0.455. The van der Waals surface area contributed by atoms with E-state index >= 15 is 0 Å². The first-order valence-electron chi connectivity index (χ1n) is 5.82. The van der Waals surface area contributed by atoms with E-state index in [1.807, 2.05) is 6.92 Å². The molecule has 1 atom stereocenters. The summed E-state index contributed by atoms with van der Waals surface area (Å²) in [6.45, 7) is 1.91. The number of aliphatic carboxylic acids is 1. The van der Waals surface area contributed by atoms with Gasteiger partial charge >= 0.3 is 11.8 Å². The maximum absolute atomic E-state index is 11.7. The van der Waals surface area contributed by atoms with Gasteiger partial charge in [-0.25, -0.2) is 9.78 Å². The van der Waals surface area contributed by atoms with E-state index in [-0.39, 0.29) is 11.5 Å². The largest absolute Gasteiger partial charge is 0.480 e. The minimum atomic E-state index is -1.12. The van der Waals surface area contributed by atoms with Gasteiger partial charge in [0.2, 0.25) is 0 Å². The van der Waals surface area contributed by atoms with Crippen molar-refractivity contribution in [3.8, 4) is 0 Å². The van der Waals surface area contributed by atoms with Crippen molar-refractivity contribution >= 4 is 17.7 Å². The number of unbranched alkanes of at least 4 members (excludes halogenated alkanes) is 1. The van der Waals surface area contributed by atoms with Crippen LogP contribution in [0.3, 0.4) is 0 Å². The Bertz CT molecular complexity index is 482. The molecule has 0 saturated heterocycles. The molecule has 1 amide bonds. The van der Waals surface area contributed by atoms with E-state index in [1.54, 1.807) is 0 Å². The van der Waals surface area contributed by atoms with Crippen molar-refractivity contribution in [3.05, 3.63) is 27.9 Å². The summed E-state index contributed by atoms with van der Waals surface area (Å²) in [7, 11) is 0. The quantitative estimate of drug-likeness (QED) is 0.508. The topological polar surface area (TPSA) is 125 Å². The number of H-pyrrole nitrogens is 1. The van der Waals surface area contributed by atoms with Gasteiger partial charge in [-0.1, -0.05) is 19.8 Å². The summed E-state index contributed by atoms with van der Waals surface area (Å²) in [6, 6.07) is 1.40. The average molecular weight is 269 g/mol. The first kappa shape index (κ1) is 14.7. The van der Waals surface area contributed by atoms with Gasteiger partial charge < -0.3 is 20.5 Å². The summed E-state index contributed by atoms with van der Waals surface area (Å²) >= 11 is 0. The Balaban J connectivity index is 2.70. The molecule has 0 aliphatic rings. The van der Waals surface area contributed by atoms with Crippen LogP contribution in [0.4, 0.5) is 5.82 Å². The lowest BCUT2D eigenvalue weighted by Gasteiger charge is -2.12. The third kappa shape index (κ3) is 4.09. The maximum atomic E-state index is 11.7. The standard InChI is InChI=1S/C11H15N3O5/c1-2-3-4-8(11(16)17)13-10(15)7-5-6-9(12-7)14(18)19/h5-6,8,12H,2-4H2,1H3,(H,13,15)(H,16,17)/t8-/m0/s1. The molecule has 104 valence electrons. The Hall–Kier alpha value is -2.38. The number of aromatic amines is 1. The molecule has 19 heavy (non-hydrogen) atoms. The first-order chi connectivity index (χ1) is 8.95. The molecular weight excluding hydrogens is 254 g/mol. The van der Waals surface area contributed by atoms with E-state index in [1.165, 1.54) is 6.07 Å². The Kier molecular flexibility index (Phi) is 5.04. The summed E-state index contributed by atoms with van der Waals surface area (Å²) in [4.78, 5) is 34.8. The van der Waals surface area contributed by atoms with E-state index in [0.29, 0.717) is 12.8 Å². The number of nitro groups is 1. The van der Waals surface area contributed by atoms with Gasteiger partial charge in [0.05, 0.1) is 0 Å². The van der Waals surface area contributed by atoms with Crippen LogP contribution in [0.5, 0.6) is 0 Å². The van der Waals surface area contributed by atoms with Crippen LogP contribution < -0.4 is 5.32 Å². The summed E-state index contributed by atoms with van der Waals surface area (Å²) < 4.78 is 0. The molecule has 8 nitrogen and oxygen atoms in total. The second-order valence-corrected chi connectivity index (χ2v) is 4.02. The molecule has 3 N–H and O–H groups in total. The van der Waals surface area contributed by atoms with Crippen LogP contribution in [0.2, 0.25) is 0 Å². The molecule has 1 heterocycles. The molecular formula is C11H15N3O5. The van der Waals surface area contributed by atoms with E-state index in [4.69, 9.17) is 5.11 Å². The van der Waals surface area contributed by atoms with Crippen LogP contribution in [0.15, 0.2) is 12.1 Å². The third-order valence-corrected chi connectivity index (χ3v) is 2.56. The normalized spacial score (nSPS) is 11.8. The van der Waals surface area contributed by atoms with Crippen molar-refractivity contribution in [1.29, 1.82) is 0 Å². The van der Waals surface area contributed by atoms with Crippen LogP contribution in [0.1, 0.15) is 36.7 Å². The highest BCUT2D eigenvalue weighted by Crippen LogP contribution is 2.10. The van der Waals surface area contributed by atoms with Crippen molar-refractivity contribution < 1.29 is 19.6 Å². The lowest BCUT2D eigenvalue weighted by Crippen LogP contribution is -2.40. The summed E-state index contributed by atoms with van der Waals surface area (Å²) in [5.74, 6) is -2.11. The Morgan fingerprint density at radius 3 is 2.68 bits per heavy atom. The molecule has 1 rings (SSSR count).